The highest BCUT2D eigenvalue weighted by Gasteiger charge is 2.15. The number of aromatic nitrogens is 4. The molecule has 2 heterocycles. The number of carbonyl (C=O) groups excluding carboxylic acids is 1. The SMILES string of the molecule is CCCNc1ccc(C(=O)N(C)Cc2nccn2C)nn1. The predicted molar refractivity (Wildman–Crippen MR) is 79.8 cm³/mol. The largest absolute Gasteiger partial charge is 0.369 e. The van der Waals surface area contributed by atoms with Gasteiger partial charge in [0.1, 0.15) is 11.6 Å². The molecule has 7 heteroatoms. The zero-order valence-electron chi connectivity index (χ0n) is 12.6. The molecule has 0 saturated carbocycles. The van der Waals surface area contributed by atoms with E-state index >= 15 is 0 Å². The number of hydrogen-bond acceptors (Lipinski definition) is 5. The molecule has 1 N–H and O–H groups in total. The molecule has 0 spiro atoms. The van der Waals surface area contributed by atoms with Crippen LogP contribution >= 0.6 is 0 Å². The molecule has 0 saturated heterocycles. The maximum atomic E-state index is 12.3. The summed E-state index contributed by atoms with van der Waals surface area (Å²) in [4.78, 5) is 18.1. The van der Waals surface area contributed by atoms with Gasteiger partial charge in [-0.3, -0.25) is 4.79 Å². The number of nitrogens with one attached hydrogen (secondary N) is 1. The Bertz CT molecular complexity index is 592. The maximum Gasteiger partial charge on any atom is 0.274 e. The molecule has 0 fully saturated rings. The van der Waals surface area contributed by atoms with Crippen LogP contribution in [-0.4, -0.2) is 44.1 Å². The van der Waals surface area contributed by atoms with Gasteiger partial charge in [0.05, 0.1) is 6.54 Å². The molecule has 2 rings (SSSR count). The molecule has 0 aliphatic rings. The van der Waals surface area contributed by atoms with E-state index in [2.05, 4.69) is 27.4 Å². The smallest absolute Gasteiger partial charge is 0.274 e. The van der Waals surface area contributed by atoms with E-state index in [-0.39, 0.29) is 5.91 Å². The Kier molecular flexibility index (Phi) is 4.86. The molecule has 1 amide bonds. The number of amides is 1. The van der Waals surface area contributed by atoms with Crippen LogP contribution in [0.3, 0.4) is 0 Å². The number of aryl methyl sites for hydroxylation is 1. The molecule has 0 aromatic carbocycles. The molecule has 0 bridgehead atoms. The van der Waals surface area contributed by atoms with Crippen LogP contribution in [0.4, 0.5) is 5.82 Å². The summed E-state index contributed by atoms with van der Waals surface area (Å²) in [5.41, 5.74) is 0.328. The second-order valence-corrected chi connectivity index (χ2v) is 4.85. The molecule has 2 aromatic rings. The lowest BCUT2D eigenvalue weighted by Gasteiger charge is -2.16. The minimum atomic E-state index is -0.174. The molecule has 112 valence electrons. The Morgan fingerprint density at radius 1 is 1.38 bits per heavy atom. The highest BCUT2D eigenvalue weighted by atomic mass is 16.2. The molecule has 0 radical (unpaired) electrons. The molecule has 21 heavy (non-hydrogen) atoms. The van der Waals surface area contributed by atoms with Crippen molar-refractivity contribution in [3.63, 3.8) is 0 Å². The summed E-state index contributed by atoms with van der Waals surface area (Å²) in [5, 5.41) is 11.1. The highest BCUT2D eigenvalue weighted by Crippen LogP contribution is 2.07. The van der Waals surface area contributed by atoms with E-state index in [1.165, 1.54) is 0 Å². The van der Waals surface area contributed by atoms with Gasteiger partial charge in [-0.25, -0.2) is 4.98 Å². The highest BCUT2D eigenvalue weighted by molar-refractivity contribution is 5.91. The minimum Gasteiger partial charge on any atom is -0.369 e. The van der Waals surface area contributed by atoms with E-state index in [4.69, 9.17) is 0 Å². The first-order valence-electron chi connectivity index (χ1n) is 6.91. The lowest BCUT2D eigenvalue weighted by Crippen LogP contribution is -2.28. The summed E-state index contributed by atoms with van der Waals surface area (Å²) < 4.78 is 1.88. The third-order valence-electron chi connectivity index (χ3n) is 3.09. The third-order valence-corrected chi connectivity index (χ3v) is 3.09. The van der Waals surface area contributed by atoms with E-state index in [0.717, 1.165) is 18.8 Å². The minimum absolute atomic E-state index is 0.174. The van der Waals surface area contributed by atoms with E-state index in [1.807, 2.05) is 17.8 Å². The summed E-state index contributed by atoms with van der Waals surface area (Å²) in [5.74, 6) is 1.33. The zero-order valence-corrected chi connectivity index (χ0v) is 12.6. The van der Waals surface area contributed by atoms with Crippen molar-refractivity contribution in [2.24, 2.45) is 7.05 Å². The van der Waals surface area contributed by atoms with Crippen molar-refractivity contribution in [3.05, 3.63) is 36.0 Å². The number of carbonyl (C=O) groups is 1. The van der Waals surface area contributed by atoms with Gasteiger partial charge in [0, 0.05) is 33.0 Å². The van der Waals surface area contributed by atoms with E-state index in [1.54, 1.807) is 30.3 Å². The Morgan fingerprint density at radius 3 is 2.76 bits per heavy atom. The lowest BCUT2D eigenvalue weighted by atomic mass is 10.3. The average Bonchev–Trinajstić information content (AvgIpc) is 2.90. The van der Waals surface area contributed by atoms with Crippen molar-refractivity contribution in [1.29, 1.82) is 0 Å². The molecule has 0 atom stereocenters. The van der Waals surface area contributed by atoms with Crippen LogP contribution in [0.5, 0.6) is 0 Å². The van der Waals surface area contributed by atoms with Gasteiger partial charge in [-0.2, -0.15) is 0 Å². The van der Waals surface area contributed by atoms with Crippen LogP contribution in [0.15, 0.2) is 24.5 Å². The fourth-order valence-electron chi connectivity index (χ4n) is 1.82. The summed E-state index contributed by atoms with van der Waals surface area (Å²) in [6.45, 7) is 3.34. The molecule has 2 aromatic heterocycles. The van der Waals surface area contributed by atoms with Crippen molar-refractivity contribution in [2.45, 2.75) is 19.9 Å². The standard InChI is InChI=1S/C14H20N6O/c1-4-7-15-12-6-5-11(17-18-12)14(21)20(3)10-13-16-8-9-19(13)2/h5-6,8-9H,4,7,10H2,1-3H3,(H,15,18). The van der Waals surface area contributed by atoms with Crippen LogP contribution in [0.25, 0.3) is 0 Å². The first-order chi connectivity index (χ1) is 10.1. The second kappa shape index (κ2) is 6.83. The molecule has 0 aliphatic carbocycles. The number of imidazole rings is 1. The van der Waals surface area contributed by atoms with Gasteiger partial charge < -0.3 is 14.8 Å². The van der Waals surface area contributed by atoms with Gasteiger partial charge >= 0.3 is 0 Å². The van der Waals surface area contributed by atoms with E-state index in [0.29, 0.717) is 18.1 Å². The third kappa shape index (κ3) is 3.77. The average molecular weight is 288 g/mol. The molecule has 7 nitrogen and oxygen atoms in total. The Morgan fingerprint density at radius 2 is 2.19 bits per heavy atom. The van der Waals surface area contributed by atoms with Crippen molar-refractivity contribution < 1.29 is 4.79 Å². The van der Waals surface area contributed by atoms with Gasteiger partial charge in [-0.1, -0.05) is 6.92 Å². The maximum absolute atomic E-state index is 12.3. The fourth-order valence-corrected chi connectivity index (χ4v) is 1.82. The molecule has 0 aliphatic heterocycles. The summed E-state index contributed by atoms with van der Waals surface area (Å²) in [6.07, 6.45) is 4.57. The Balaban J connectivity index is 2.00. The van der Waals surface area contributed by atoms with Crippen LogP contribution < -0.4 is 5.32 Å². The van der Waals surface area contributed by atoms with Crippen molar-refractivity contribution >= 4 is 11.7 Å². The summed E-state index contributed by atoms with van der Waals surface area (Å²) >= 11 is 0. The zero-order chi connectivity index (χ0) is 15.2. The van der Waals surface area contributed by atoms with Crippen molar-refractivity contribution in [1.82, 2.24) is 24.6 Å². The van der Waals surface area contributed by atoms with Crippen LogP contribution in [0.2, 0.25) is 0 Å². The second-order valence-electron chi connectivity index (χ2n) is 4.85. The monoisotopic (exact) mass is 288 g/mol. The quantitative estimate of drug-likeness (QED) is 0.867. The summed E-state index contributed by atoms with van der Waals surface area (Å²) in [7, 11) is 3.62. The summed E-state index contributed by atoms with van der Waals surface area (Å²) in [6, 6.07) is 3.45. The van der Waals surface area contributed by atoms with Crippen LogP contribution in [0, 0.1) is 0 Å². The van der Waals surface area contributed by atoms with Gasteiger partial charge in [0.2, 0.25) is 0 Å². The van der Waals surface area contributed by atoms with Crippen molar-refractivity contribution in [3.8, 4) is 0 Å². The molecular weight excluding hydrogens is 268 g/mol. The van der Waals surface area contributed by atoms with Crippen LogP contribution in [0.1, 0.15) is 29.7 Å². The fraction of sp³-hybridized carbons (Fsp3) is 0.429. The molecular formula is C14H20N6O. The van der Waals surface area contributed by atoms with Gasteiger partial charge in [0.15, 0.2) is 5.69 Å². The number of nitrogens with zero attached hydrogens (tertiary/aromatic N) is 5. The first-order valence-corrected chi connectivity index (χ1v) is 6.91. The Hall–Kier alpha value is -2.44. The molecule has 0 unspecified atom stereocenters. The van der Waals surface area contributed by atoms with Gasteiger partial charge in [-0.15, -0.1) is 10.2 Å². The first kappa shape index (κ1) is 15.0. The normalized spacial score (nSPS) is 10.4. The number of rotatable bonds is 6. The topological polar surface area (TPSA) is 75.9 Å². The predicted octanol–water partition coefficient (Wildman–Crippen LogP) is 1.30. The Labute approximate surface area is 124 Å². The van der Waals surface area contributed by atoms with Crippen molar-refractivity contribution in [2.75, 3.05) is 18.9 Å². The van der Waals surface area contributed by atoms with Crippen LogP contribution in [-0.2, 0) is 13.6 Å². The lowest BCUT2D eigenvalue weighted by molar-refractivity contribution is 0.0773. The van der Waals surface area contributed by atoms with Gasteiger partial charge in [-0.05, 0) is 18.6 Å². The van der Waals surface area contributed by atoms with E-state index in [9.17, 15) is 4.79 Å². The number of hydrogen-bond donors (Lipinski definition) is 1. The number of anilines is 1. The van der Waals surface area contributed by atoms with Gasteiger partial charge in [0.25, 0.3) is 5.91 Å². The van der Waals surface area contributed by atoms with E-state index < -0.39 is 0 Å².